The van der Waals surface area contributed by atoms with Crippen LogP contribution in [0.15, 0.2) is 18.2 Å². The number of likely N-dealkylation sites (N-methyl/N-ethyl adjacent to an activating group) is 1. The number of hydrogen-bond acceptors (Lipinski definition) is 5. The summed E-state index contributed by atoms with van der Waals surface area (Å²) in [6.45, 7) is 11.1. The van der Waals surface area contributed by atoms with Gasteiger partial charge in [-0.25, -0.2) is 0 Å². The standard InChI is InChI=1S/C18H27N3O2/c1-5-20-8-10-21(11-9-20)16(13-19)15-6-7-17(22-4)18(12-15)23-14(2)3/h6-7,12,14,16H,5,8-11H2,1-4H3. The fraction of sp³-hybridized carbons (Fsp3) is 0.611. The minimum absolute atomic E-state index is 0.0628. The second-order valence-corrected chi connectivity index (χ2v) is 6.08. The van der Waals surface area contributed by atoms with Gasteiger partial charge in [0.15, 0.2) is 11.5 Å². The summed E-state index contributed by atoms with van der Waals surface area (Å²) in [6.07, 6.45) is 0.0628. The molecule has 1 saturated heterocycles. The third-order valence-electron chi connectivity index (χ3n) is 4.21. The fourth-order valence-corrected chi connectivity index (χ4v) is 2.91. The zero-order valence-electron chi connectivity index (χ0n) is 14.6. The number of rotatable bonds is 6. The molecule has 23 heavy (non-hydrogen) atoms. The molecule has 0 bridgehead atoms. The molecule has 0 saturated carbocycles. The van der Waals surface area contributed by atoms with Crippen molar-refractivity contribution in [1.29, 1.82) is 5.26 Å². The van der Waals surface area contributed by atoms with Gasteiger partial charge in [-0.1, -0.05) is 13.0 Å². The van der Waals surface area contributed by atoms with Crippen molar-refractivity contribution in [3.05, 3.63) is 23.8 Å². The van der Waals surface area contributed by atoms with Crippen LogP contribution in [-0.2, 0) is 0 Å². The lowest BCUT2D eigenvalue weighted by Crippen LogP contribution is -2.47. The highest BCUT2D eigenvalue weighted by Gasteiger charge is 2.25. The largest absolute Gasteiger partial charge is 0.493 e. The van der Waals surface area contributed by atoms with E-state index in [0.29, 0.717) is 11.5 Å². The Hall–Kier alpha value is -1.77. The second-order valence-electron chi connectivity index (χ2n) is 6.08. The first-order chi connectivity index (χ1) is 11.1. The van der Waals surface area contributed by atoms with E-state index in [-0.39, 0.29) is 12.1 Å². The van der Waals surface area contributed by atoms with Crippen molar-refractivity contribution in [2.45, 2.75) is 32.9 Å². The minimum Gasteiger partial charge on any atom is -0.493 e. The zero-order valence-corrected chi connectivity index (χ0v) is 14.6. The van der Waals surface area contributed by atoms with Crippen molar-refractivity contribution < 1.29 is 9.47 Å². The van der Waals surface area contributed by atoms with Crippen LogP contribution in [-0.4, -0.2) is 55.7 Å². The maximum atomic E-state index is 9.68. The van der Waals surface area contributed by atoms with E-state index in [4.69, 9.17) is 9.47 Å². The Bertz CT molecular complexity index is 546. The van der Waals surface area contributed by atoms with Gasteiger partial charge in [-0.15, -0.1) is 0 Å². The summed E-state index contributed by atoms with van der Waals surface area (Å²) >= 11 is 0. The lowest BCUT2D eigenvalue weighted by Gasteiger charge is -2.36. The van der Waals surface area contributed by atoms with Crippen molar-refractivity contribution >= 4 is 0 Å². The van der Waals surface area contributed by atoms with Gasteiger partial charge in [0.25, 0.3) is 0 Å². The van der Waals surface area contributed by atoms with Crippen molar-refractivity contribution in [3.63, 3.8) is 0 Å². The molecular formula is C18H27N3O2. The Kier molecular flexibility index (Phi) is 6.26. The van der Waals surface area contributed by atoms with Crippen LogP contribution in [0.5, 0.6) is 11.5 Å². The van der Waals surface area contributed by atoms with Crippen molar-refractivity contribution in [2.24, 2.45) is 0 Å². The minimum atomic E-state index is -0.241. The van der Waals surface area contributed by atoms with E-state index in [1.807, 2.05) is 32.0 Å². The Morgan fingerprint density at radius 2 is 1.87 bits per heavy atom. The molecule has 126 valence electrons. The Morgan fingerprint density at radius 1 is 1.17 bits per heavy atom. The van der Waals surface area contributed by atoms with E-state index in [0.717, 1.165) is 38.3 Å². The average molecular weight is 317 g/mol. The van der Waals surface area contributed by atoms with Crippen molar-refractivity contribution in [1.82, 2.24) is 9.80 Å². The van der Waals surface area contributed by atoms with Crippen LogP contribution < -0.4 is 9.47 Å². The Balaban J connectivity index is 2.19. The highest BCUT2D eigenvalue weighted by Crippen LogP contribution is 2.33. The molecule has 5 nitrogen and oxygen atoms in total. The summed E-state index contributed by atoms with van der Waals surface area (Å²) in [5.41, 5.74) is 0.967. The van der Waals surface area contributed by atoms with Crippen LogP contribution in [0.4, 0.5) is 0 Å². The molecule has 0 N–H and O–H groups in total. The molecule has 5 heteroatoms. The molecule has 1 atom stereocenters. The van der Waals surface area contributed by atoms with Crippen LogP contribution in [0.3, 0.4) is 0 Å². The monoisotopic (exact) mass is 317 g/mol. The van der Waals surface area contributed by atoms with Gasteiger partial charge in [0.1, 0.15) is 6.04 Å². The third-order valence-corrected chi connectivity index (χ3v) is 4.21. The molecule has 0 spiro atoms. The first kappa shape index (κ1) is 17.6. The van der Waals surface area contributed by atoms with Crippen LogP contribution in [0.25, 0.3) is 0 Å². The number of piperazine rings is 1. The Morgan fingerprint density at radius 3 is 2.39 bits per heavy atom. The second kappa shape index (κ2) is 8.19. The highest BCUT2D eigenvalue weighted by atomic mass is 16.5. The fourth-order valence-electron chi connectivity index (χ4n) is 2.91. The van der Waals surface area contributed by atoms with Crippen LogP contribution in [0.1, 0.15) is 32.4 Å². The van der Waals surface area contributed by atoms with E-state index in [1.54, 1.807) is 7.11 Å². The molecule has 0 amide bonds. The third kappa shape index (κ3) is 4.37. The average Bonchev–Trinajstić information content (AvgIpc) is 2.56. The molecule has 0 aliphatic carbocycles. The van der Waals surface area contributed by atoms with Gasteiger partial charge in [-0.3, -0.25) is 4.90 Å². The molecule has 1 aliphatic heterocycles. The summed E-state index contributed by atoms with van der Waals surface area (Å²) in [7, 11) is 1.63. The molecule has 1 aromatic carbocycles. The lowest BCUT2D eigenvalue weighted by molar-refractivity contribution is 0.118. The molecule has 0 aromatic heterocycles. The number of nitrogens with zero attached hydrogens (tertiary/aromatic N) is 3. The number of nitriles is 1. The molecular weight excluding hydrogens is 290 g/mol. The van der Waals surface area contributed by atoms with Crippen LogP contribution >= 0.6 is 0 Å². The predicted molar refractivity (Wildman–Crippen MR) is 90.8 cm³/mol. The zero-order chi connectivity index (χ0) is 16.8. The SMILES string of the molecule is CCN1CCN(C(C#N)c2ccc(OC)c(OC(C)C)c2)CC1. The topological polar surface area (TPSA) is 48.7 Å². The number of ether oxygens (including phenoxy) is 2. The maximum absolute atomic E-state index is 9.68. The quantitative estimate of drug-likeness (QED) is 0.807. The van der Waals surface area contributed by atoms with E-state index >= 15 is 0 Å². The predicted octanol–water partition coefficient (Wildman–Crippen LogP) is 2.68. The smallest absolute Gasteiger partial charge is 0.161 e. The summed E-state index contributed by atoms with van der Waals surface area (Å²) < 4.78 is 11.2. The van der Waals surface area contributed by atoms with Gasteiger partial charge in [-0.2, -0.15) is 5.26 Å². The van der Waals surface area contributed by atoms with Crippen LogP contribution in [0, 0.1) is 11.3 Å². The molecule has 2 rings (SSSR count). The normalized spacial score (nSPS) is 17.7. The first-order valence-electron chi connectivity index (χ1n) is 8.29. The summed E-state index contributed by atoms with van der Waals surface area (Å²) in [6, 6.07) is 8.01. The summed E-state index contributed by atoms with van der Waals surface area (Å²) in [4.78, 5) is 4.65. The molecule has 1 aromatic rings. The van der Waals surface area contributed by atoms with Gasteiger partial charge in [0.05, 0.1) is 19.3 Å². The van der Waals surface area contributed by atoms with Gasteiger partial charge in [0.2, 0.25) is 0 Å². The van der Waals surface area contributed by atoms with Gasteiger partial charge in [-0.05, 0) is 38.1 Å². The van der Waals surface area contributed by atoms with Crippen molar-refractivity contribution in [3.8, 4) is 17.6 Å². The number of hydrogen-bond donors (Lipinski definition) is 0. The Labute approximate surface area is 139 Å². The number of benzene rings is 1. The van der Waals surface area contributed by atoms with E-state index < -0.39 is 0 Å². The van der Waals surface area contributed by atoms with Gasteiger partial charge in [0, 0.05) is 26.2 Å². The molecule has 1 fully saturated rings. The van der Waals surface area contributed by atoms with E-state index in [2.05, 4.69) is 22.8 Å². The maximum Gasteiger partial charge on any atom is 0.161 e. The molecule has 1 heterocycles. The number of methoxy groups -OCH3 is 1. The first-order valence-corrected chi connectivity index (χ1v) is 8.29. The van der Waals surface area contributed by atoms with Gasteiger partial charge >= 0.3 is 0 Å². The summed E-state index contributed by atoms with van der Waals surface area (Å²) in [5, 5.41) is 9.68. The molecule has 0 radical (unpaired) electrons. The molecule has 1 aliphatic rings. The van der Waals surface area contributed by atoms with Crippen LogP contribution in [0.2, 0.25) is 0 Å². The van der Waals surface area contributed by atoms with E-state index in [1.165, 1.54) is 0 Å². The van der Waals surface area contributed by atoms with E-state index in [9.17, 15) is 5.26 Å². The van der Waals surface area contributed by atoms with Gasteiger partial charge < -0.3 is 14.4 Å². The lowest BCUT2D eigenvalue weighted by atomic mass is 10.0. The molecule has 1 unspecified atom stereocenters. The summed E-state index contributed by atoms with van der Waals surface area (Å²) in [5.74, 6) is 1.40. The highest BCUT2D eigenvalue weighted by molar-refractivity contribution is 5.45. The van der Waals surface area contributed by atoms with Crippen molar-refractivity contribution in [2.75, 3.05) is 39.8 Å².